The number of hydrogen-bond donors (Lipinski definition) is 1. The molecule has 0 aromatic heterocycles. The van der Waals surface area contributed by atoms with Gasteiger partial charge in [-0.15, -0.1) is 6.42 Å². The second-order valence-corrected chi connectivity index (χ2v) is 2.81. The predicted octanol–water partition coefficient (Wildman–Crippen LogP) is 0.239. The standard InChI is InChI=1S/C9H15NO2/c1-4-9(12)10(8(2)3)6-5-7-11/h1,8,11H,5-7H2,2-3H3. The van der Waals surface area contributed by atoms with Crippen LogP contribution in [0.5, 0.6) is 0 Å². The fourth-order valence-corrected chi connectivity index (χ4v) is 0.918. The quantitative estimate of drug-likeness (QED) is 0.612. The van der Waals surface area contributed by atoms with Crippen LogP contribution in [0.3, 0.4) is 0 Å². The van der Waals surface area contributed by atoms with E-state index in [0.29, 0.717) is 13.0 Å². The third-order valence-corrected chi connectivity index (χ3v) is 1.56. The molecule has 0 aromatic carbocycles. The number of aliphatic hydroxyl groups excluding tert-OH is 1. The molecule has 0 aromatic rings. The molecule has 12 heavy (non-hydrogen) atoms. The van der Waals surface area contributed by atoms with Gasteiger partial charge in [0.05, 0.1) is 0 Å². The second-order valence-electron chi connectivity index (χ2n) is 2.81. The fraction of sp³-hybridized carbons (Fsp3) is 0.667. The lowest BCUT2D eigenvalue weighted by Crippen LogP contribution is -2.37. The van der Waals surface area contributed by atoms with Gasteiger partial charge in [0.15, 0.2) is 0 Å². The monoisotopic (exact) mass is 169 g/mol. The summed E-state index contributed by atoms with van der Waals surface area (Å²) in [5.74, 6) is 1.75. The highest BCUT2D eigenvalue weighted by Gasteiger charge is 2.13. The first-order valence-electron chi connectivity index (χ1n) is 4.01. The average molecular weight is 169 g/mol. The minimum Gasteiger partial charge on any atom is -0.396 e. The molecule has 0 spiro atoms. The largest absolute Gasteiger partial charge is 0.396 e. The smallest absolute Gasteiger partial charge is 0.298 e. The first-order chi connectivity index (χ1) is 5.63. The van der Waals surface area contributed by atoms with Gasteiger partial charge in [0.2, 0.25) is 0 Å². The Kier molecular flexibility index (Phi) is 5.14. The molecule has 0 aliphatic carbocycles. The van der Waals surface area contributed by atoms with E-state index in [1.807, 2.05) is 13.8 Å². The van der Waals surface area contributed by atoms with Gasteiger partial charge in [0.25, 0.3) is 5.91 Å². The van der Waals surface area contributed by atoms with Gasteiger partial charge in [-0.05, 0) is 26.2 Å². The Morgan fingerprint density at radius 3 is 2.58 bits per heavy atom. The summed E-state index contributed by atoms with van der Waals surface area (Å²) in [4.78, 5) is 12.6. The molecule has 3 heteroatoms. The maximum atomic E-state index is 11.1. The number of carbonyl (C=O) groups excluding carboxylic acids is 1. The zero-order valence-electron chi connectivity index (χ0n) is 7.58. The molecule has 1 amide bonds. The lowest BCUT2D eigenvalue weighted by molar-refractivity contribution is -0.126. The summed E-state index contributed by atoms with van der Waals surface area (Å²) < 4.78 is 0. The molecular weight excluding hydrogens is 154 g/mol. The van der Waals surface area contributed by atoms with Crippen molar-refractivity contribution in [3.05, 3.63) is 0 Å². The fourth-order valence-electron chi connectivity index (χ4n) is 0.918. The molecule has 0 atom stereocenters. The molecule has 68 valence electrons. The van der Waals surface area contributed by atoms with Crippen LogP contribution < -0.4 is 0 Å². The van der Waals surface area contributed by atoms with E-state index in [1.54, 1.807) is 4.90 Å². The molecule has 0 saturated carbocycles. The summed E-state index contributed by atoms with van der Waals surface area (Å²) in [6.07, 6.45) is 5.55. The number of terminal acetylenes is 1. The van der Waals surface area contributed by atoms with Crippen LogP contribution in [0.2, 0.25) is 0 Å². The van der Waals surface area contributed by atoms with Gasteiger partial charge in [-0.3, -0.25) is 4.79 Å². The van der Waals surface area contributed by atoms with Crippen molar-refractivity contribution in [3.63, 3.8) is 0 Å². The van der Waals surface area contributed by atoms with Crippen LogP contribution in [-0.2, 0) is 4.79 Å². The van der Waals surface area contributed by atoms with Gasteiger partial charge in [-0.1, -0.05) is 0 Å². The minimum absolute atomic E-state index is 0.0844. The molecule has 0 saturated heterocycles. The van der Waals surface area contributed by atoms with Crippen LogP contribution in [0.4, 0.5) is 0 Å². The maximum Gasteiger partial charge on any atom is 0.298 e. The van der Waals surface area contributed by atoms with E-state index in [-0.39, 0.29) is 18.6 Å². The molecule has 0 fully saturated rings. The molecular formula is C9H15NO2. The summed E-state index contributed by atoms with van der Waals surface area (Å²) in [5, 5.41) is 8.56. The molecule has 1 N–H and O–H groups in total. The number of rotatable bonds is 4. The van der Waals surface area contributed by atoms with Crippen LogP contribution in [0.1, 0.15) is 20.3 Å². The molecule has 0 heterocycles. The first-order valence-corrected chi connectivity index (χ1v) is 4.01. The molecule has 0 aliphatic heterocycles. The van der Waals surface area contributed by atoms with Gasteiger partial charge in [0, 0.05) is 19.2 Å². The van der Waals surface area contributed by atoms with E-state index < -0.39 is 0 Å². The van der Waals surface area contributed by atoms with Crippen molar-refractivity contribution >= 4 is 5.91 Å². The third kappa shape index (κ3) is 3.40. The minimum atomic E-state index is -0.307. The Balaban J connectivity index is 4.06. The zero-order valence-corrected chi connectivity index (χ0v) is 7.58. The Labute approximate surface area is 73.4 Å². The van der Waals surface area contributed by atoms with Crippen molar-refractivity contribution in [2.45, 2.75) is 26.3 Å². The SMILES string of the molecule is C#CC(=O)N(CCCO)C(C)C. The van der Waals surface area contributed by atoms with Gasteiger partial charge in [-0.25, -0.2) is 0 Å². The highest BCUT2D eigenvalue weighted by molar-refractivity contribution is 5.93. The summed E-state index contributed by atoms with van der Waals surface area (Å²) in [6, 6.07) is 0.0973. The number of nitrogens with zero attached hydrogens (tertiary/aromatic N) is 1. The lowest BCUT2D eigenvalue weighted by Gasteiger charge is -2.23. The molecule has 0 bridgehead atoms. The molecule has 3 nitrogen and oxygen atoms in total. The Morgan fingerprint density at radius 1 is 1.67 bits per heavy atom. The molecule has 0 rings (SSSR count). The Hall–Kier alpha value is -1.01. The van der Waals surface area contributed by atoms with E-state index in [1.165, 1.54) is 0 Å². The number of carbonyl (C=O) groups is 1. The summed E-state index contributed by atoms with van der Waals surface area (Å²) in [5.41, 5.74) is 0. The van der Waals surface area contributed by atoms with E-state index in [0.717, 1.165) is 0 Å². The first kappa shape index (κ1) is 11.0. The predicted molar refractivity (Wildman–Crippen MR) is 47.4 cm³/mol. The Morgan fingerprint density at radius 2 is 2.25 bits per heavy atom. The van der Waals surface area contributed by atoms with Crippen molar-refractivity contribution in [3.8, 4) is 12.3 Å². The molecule has 0 unspecified atom stereocenters. The second kappa shape index (κ2) is 5.62. The van der Waals surface area contributed by atoms with Gasteiger partial charge < -0.3 is 10.0 Å². The van der Waals surface area contributed by atoms with Crippen molar-refractivity contribution in [2.75, 3.05) is 13.2 Å². The molecule has 0 radical (unpaired) electrons. The van der Waals surface area contributed by atoms with Crippen molar-refractivity contribution in [1.82, 2.24) is 4.90 Å². The number of amides is 1. The number of hydrogen-bond acceptors (Lipinski definition) is 2. The normalized spacial score (nSPS) is 9.58. The van der Waals surface area contributed by atoms with Crippen LogP contribution >= 0.6 is 0 Å². The van der Waals surface area contributed by atoms with Gasteiger partial charge >= 0.3 is 0 Å². The van der Waals surface area contributed by atoms with E-state index in [9.17, 15) is 4.79 Å². The molecule has 0 aliphatic rings. The summed E-state index contributed by atoms with van der Waals surface area (Å²) >= 11 is 0. The van der Waals surface area contributed by atoms with E-state index in [2.05, 4.69) is 5.92 Å². The third-order valence-electron chi connectivity index (χ3n) is 1.56. The summed E-state index contributed by atoms with van der Waals surface area (Å²) in [7, 11) is 0. The van der Waals surface area contributed by atoms with Crippen LogP contribution in [-0.4, -0.2) is 35.1 Å². The van der Waals surface area contributed by atoms with Crippen molar-refractivity contribution < 1.29 is 9.90 Å². The van der Waals surface area contributed by atoms with Crippen LogP contribution in [0.25, 0.3) is 0 Å². The van der Waals surface area contributed by atoms with E-state index >= 15 is 0 Å². The zero-order chi connectivity index (χ0) is 9.56. The Bertz CT molecular complexity index is 181. The van der Waals surface area contributed by atoms with Crippen molar-refractivity contribution in [1.29, 1.82) is 0 Å². The summed E-state index contributed by atoms with van der Waals surface area (Å²) in [6.45, 7) is 4.40. The van der Waals surface area contributed by atoms with Crippen molar-refractivity contribution in [2.24, 2.45) is 0 Å². The van der Waals surface area contributed by atoms with Gasteiger partial charge in [-0.2, -0.15) is 0 Å². The van der Waals surface area contributed by atoms with Crippen LogP contribution in [0, 0.1) is 12.3 Å². The maximum absolute atomic E-state index is 11.1. The lowest BCUT2D eigenvalue weighted by atomic mass is 10.3. The highest BCUT2D eigenvalue weighted by atomic mass is 16.3. The van der Waals surface area contributed by atoms with E-state index in [4.69, 9.17) is 11.5 Å². The highest BCUT2D eigenvalue weighted by Crippen LogP contribution is 1.99. The average Bonchev–Trinajstić information content (AvgIpc) is 2.04. The van der Waals surface area contributed by atoms with Crippen LogP contribution in [0.15, 0.2) is 0 Å². The van der Waals surface area contributed by atoms with Gasteiger partial charge in [0.1, 0.15) is 0 Å². The topological polar surface area (TPSA) is 40.5 Å². The number of aliphatic hydroxyl groups is 1.